The van der Waals surface area contributed by atoms with Crippen LogP contribution in [0.4, 0.5) is 0 Å². The van der Waals surface area contributed by atoms with Crippen molar-refractivity contribution < 1.29 is 4.79 Å². The maximum atomic E-state index is 12.9. The Bertz CT molecular complexity index is 730. The highest BCUT2D eigenvalue weighted by molar-refractivity contribution is 6.35. The van der Waals surface area contributed by atoms with Gasteiger partial charge in [-0.25, -0.2) is 0 Å². The minimum Gasteiger partial charge on any atom is -0.338 e. The third-order valence-electron chi connectivity index (χ3n) is 4.46. The molecule has 1 atom stereocenters. The first-order chi connectivity index (χ1) is 11.5. The molecule has 0 aliphatic carbocycles. The van der Waals surface area contributed by atoms with E-state index in [9.17, 15) is 4.79 Å². The maximum Gasteiger partial charge on any atom is 0.255 e. The van der Waals surface area contributed by atoms with Crippen molar-refractivity contribution in [2.75, 3.05) is 13.1 Å². The van der Waals surface area contributed by atoms with Crippen LogP contribution in [0.3, 0.4) is 0 Å². The second-order valence-electron chi connectivity index (χ2n) is 6.12. The molecule has 1 amide bonds. The lowest BCUT2D eigenvalue weighted by molar-refractivity contribution is 0.0754. The van der Waals surface area contributed by atoms with Crippen LogP contribution >= 0.6 is 34.8 Å². The number of likely N-dealkylation sites (tertiary alicyclic amines) is 1. The van der Waals surface area contributed by atoms with Crippen LogP contribution in [0.25, 0.3) is 0 Å². The molecule has 0 aromatic heterocycles. The van der Waals surface area contributed by atoms with E-state index in [1.54, 1.807) is 18.2 Å². The van der Waals surface area contributed by atoms with Gasteiger partial charge in [-0.1, -0.05) is 53.4 Å². The molecule has 3 rings (SSSR count). The van der Waals surface area contributed by atoms with Gasteiger partial charge in [-0.2, -0.15) is 0 Å². The van der Waals surface area contributed by atoms with E-state index in [2.05, 4.69) is 0 Å². The summed E-state index contributed by atoms with van der Waals surface area (Å²) in [5.41, 5.74) is 1.69. The second kappa shape index (κ2) is 7.77. The monoisotopic (exact) mass is 381 g/mol. The molecule has 0 saturated carbocycles. The highest BCUT2D eigenvalue weighted by Gasteiger charge is 2.25. The third-order valence-corrected chi connectivity index (χ3v) is 5.28. The summed E-state index contributed by atoms with van der Waals surface area (Å²) in [6.45, 7) is 1.43. The smallest absolute Gasteiger partial charge is 0.255 e. The average Bonchev–Trinajstić information content (AvgIpc) is 2.83. The Labute approximate surface area is 157 Å². The van der Waals surface area contributed by atoms with E-state index in [1.165, 1.54) is 5.56 Å². The van der Waals surface area contributed by atoms with Crippen molar-refractivity contribution in [1.82, 2.24) is 4.90 Å². The number of carbonyl (C=O) groups excluding carboxylic acids is 1. The molecule has 1 aliphatic heterocycles. The number of benzene rings is 2. The van der Waals surface area contributed by atoms with Crippen LogP contribution in [-0.4, -0.2) is 23.9 Å². The second-order valence-corrected chi connectivity index (χ2v) is 7.40. The van der Waals surface area contributed by atoms with Crippen molar-refractivity contribution in [3.05, 3.63) is 68.7 Å². The zero-order chi connectivity index (χ0) is 17.1. The fraction of sp³-hybridized carbons (Fsp3) is 0.316. The van der Waals surface area contributed by atoms with Gasteiger partial charge >= 0.3 is 0 Å². The van der Waals surface area contributed by atoms with Crippen LogP contribution in [0, 0.1) is 0 Å². The Morgan fingerprint density at radius 2 is 1.67 bits per heavy atom. The van der Waals surface area contributed by atoms with Crippen molar-refractivity contribution in [3.63, 3.8) is 0 Å². The summed E-state index contributed by atoms with van der Waals surface area (Å²) in [7, 11) is 0. The third kappa shape index (κ3) is 4.05. The number of hydrogen-bond acceptors (Lipinski definition) is 1. The van der Waals surface area contributed by atoms with E-state index >= 15 is 0 Å². The molecule has 0 N–H and O–H groups in total. The molecule has 1 aliphatic rings. The minimum atomic E-state index is -0.0524. The van der Waals surface area contributed by atoms with E-state index in [-0.39, 0.29) is 5.91 Å². The van der Waals surface area contributed by atoms with Crippen LogP contribution in [0.1, 0.15) is 41.1 Å². The predicted octanol–water partition coefficient (Wildman–Crippen LogP) is 6.06. The Hall–Kier alpha value is -1.22. The van der Waals surface area contributed by atoms with Gasteiger partial charge in [-0.15, -0.1) is 0 Å². The molecule has 1 fully saturated rings. The van der Waals surface area contributed by atoms with Gasteiger partial charge in [0.05, 0.1) is 10.6 Å². The summed E-state index contributed by atoms with van der Waals surface area (Å²) in [4.78, 5) is 14.8. The standard InChI is InChI=1S/C19H18Cl3NO/c20-15-6-4-13(5-7-15)14-3-1-2-10-23(12-14)19(24)17-11-16(21)8-9-18(17)22/h4-9,11,14H,1-3,10,12H2. The number of rotatable bonds is 2. The van der Waals surface area contributed by atoms with Crippen LogP contribution in [-0.2, 0) is 0 Å². The van der Waals surface area contributed by atoms with Crippen molar-refractivity contribution in [1.29, 1.82) is 0 Å². The quantitative estimate of drug-likeness (QED) is 0.618. The summed E-state index contributed by atoms with van der Waals surface area (Å²) in [6, 6.07) is 12.9. The van der Waals surface area contributed by atoms with E-state index in [1.807, 2.05) is 29.2 Å². The van der Waals surface area contributed by atoms with E-state index in [0.29, 0.717) is 28.1 Å². The van der Waals surface area contributed by atoms with Gasteiger partial charge in [0.15, 0.2) is 0 Å². The molecular formula is C19H18Cl3NO. The van der Waals surface area contributed by atoms with Crippen molar-refractivity contribution in [2.45, 2.75) is 25.2 Å². The molecule has 2 aromatic carbocycles. The molecular weight excluding hydrogens is 365 g/mol. The summed E-state index contributed by atoms with van der Waals surface area (Å²) in [5.74, 6) is 0.259. The number of carbonyl (C=O) groups is 1. The first-order valence-corrected chi connectivity index (χ1v) is 9.18. The van der Waals surface area contributed by atoms with Crippen molar-refractivity contribution >= 4 is 40.7 Å². The van der Waals surface area contributed by atoms with E-state index in [4.69, 9.17) is 34.8 Å². The molecule has 2 aromatic rings. The number of halogens is 3. The fourth-order valence-electron chi connectivity index (χ4n) is 3.17. The molecule has 1 unspecified atom stereocenters. The lowest BCUT2D eigenvalue weighted by atomic mass is 9.94. The van der Waals surface area contributed by atoms with Gasteiger partial charge < -0.3 is 4.90 Å². The van der Waals surface area contributed by atoms with Gasteiger partial charge in [-0.05, 0) is 48.7 Å². The van der Waals surface area contributed by atoms with Gasteiger partial charge in [0, 0.05) is 29.1 Å². The van der Waals surface area contributed by atoms with Crippen LogP contribution < -0.4 is 0 Å². The average molecular weight is 383 g/mol. The fourth-order valence-corrected chi connectivity index (χ4v) is 3.66. The largest absolute Gasteiger partial charge is 0.338 e. The molecule has 5 heteroatoms. The molecule has 1 saturated heterocycles. The Kier molecular flexibility index (Phi) is 5.70. The molecule has 0 bridgehead atoms. The zero-order valence-electron chi connectivity index (χ0n) is 13.1. The molecule has 1 heterocycles. The molecule has 0 spiro atoms. The van der Waals surface area contributed by atoms with Gasteiger partial charge in [0.25, 0.3) is 5.91 Å². The maximum absolute atomic E-state index is 12.9. The van der Waals surface area contributed by atoms with Crippen molar-refractivity contribution in [2.24, 2.45) is 0 Å². The molecule has 0 radical (unpaired) electrons. The number of amides is 1. The Morgan fingerprint density at radius 1 is 0.958 bits per heavy atom. The SMILES string of the molecule is O=C(c1cc(Cl)ccc1Cl)N1CCCCC(c2ccc(Cl)cc2)C1. The lowest BCUT2D eigenvalue weighted by Gasteiger charge is -2.25. The summed E-state index contributed by atoms with van der Waals surface area (Å²) >= 11 is 18.2. The van der Waals surface area contributed by atoms with E-state index < -0.39 is 0 Å². The van der Waals surface area contributed by atoms with Crippen molar-refractivity contribution in [3.8, 4) is 0 Å². The van der Waals surface area contributed by atoms with Gasteiger partial charge in [0.1, 0.15) is 0 Å². The van der Waals surface area contributed by atoms with Gasteiger partial charge in [0.2, 0.25) is 0 Å². The Balaban J connectivity index is 1.83. The number of nitrogens with zero attached hydrogens (tertiary/aromatic N) is 1. The predicted molar refractivity (Wildman–Crippen MR) is 100 cm³/mol. The molecule has 24 heavy (non-hydrogen) atoms. The van der Waals surface area contributed by atoms with Crippen LogP contribution in [0.15, 0.2) is 42.5 Å². The zero-order valence-corrected chi connectivity index (χ0v) is 15.4. The topological polar surface area (TPSA) is 20.3 Å². The van der Waals surface area contributed by atoms with E-state index in [0.717, 1.165) is 30.8 Å². The summed E-state index contributed by atoms with van der Waals surface area (Å²) in [6.07, 6.45) is 3.16. The van der Waals surface area contributed by atoms with Gasteiger partial charge in [-0.3, -0.25) is 4.79 Å². The molecule has 126 valence electrons. The number of hydrogen-bond donors (Lipinski definition) is 0. The van der Waals surface area contributed by atoms with Crippen LogP contribution in [0.5, 0.6) is 0 Å². The summed E-state index contributed by atoms with van der Waals surface area (Å²) in [5, 5.41) is 1.69. The highest BCUT2D eigenvalue weighted by Crippen LogP contribution is 2.29. The Morgan fingerprint density at radius 3 is 2.42 bits per heavy atom. The minimum absolute atomic E-state index is 0.0524. The first-order valence-electron chi connectivity index (χ1n) is 8.04. The highest BCUT2D eigenvalue weighted by atomic mass is 35.5. The first kappa shape index (κ1) is 17.6. The normalized spacial score (nSPS) is 18.3. The van der Waals surface area contributed by atoms with Crippen LogP contribution in [0.2, 0.25) is 15.1 Å². The lowest BCUT2D eigenvalue weighted by Crippen LogP contribution is -2.34. The molecule has 2 nitrogen and oxygen atoms in total. The summed E-state index contributed by atoms with van der Waals surface area (Å²) < 4.78 is 0.